The van der Waals surface area contributed by atoms with Crippen molar-refractivity contribution in [1.82, 2.24) is 4.90 Å². The molecule has 32 heavy (non-hydrogen) atoms. The first-order valence-corrected chi connectivity index (χ1v) is 11.1. The summed E-state index contributed by atoms with van der Waals surface area (Å²) in [6.07, 6.45) is 2.68. The fourth-order valence-corrected chi connectivity index (χ4v) is 4.31. The molecule has 0 spiro atoms. The molecular weight excluding hydrogens is 405 g/mol. The molecule has 1 fully saturated rings. The maximum absolute atomic E-state index is 13.1. The van der Waals surface area contributed by atoms with Crippen molar-refractivity contribution in [2.75, 3.05) is 36.8 Å². The first-order valence-electron chi connectivity index (χ1n) is 11.1. The van der Waals surface area contributed by atoms with E-state index in [0.29, 0.717) is 11.3 Å². The lowest BCUT2D eigenvalue weighted by Gasteiger charge is -2.30. The summed E-state index contributed by atoms with van der Waals surface area (Å²) in [5.41, 5.74) is 4.00. The summed E-state index contributed by atoms with van der Waals surface area (Å²) in [5.74, 6) is 0.373. The third-order valence-electron chi connectivity index (χ3n) is 6.04. The average Bonchev–Trinajstić information content (AvgIpc) is 3.33. The zero-order valence-electron chi connectivity index (χ0n) is 17.8. The van der Waals surface area contributed by atoms with Crippen LogP contribution in [0, 0.1) is 5.82 Å². The van der Waals surface area contributed by atoms with Crippen LogP contribution in [0.1, 0.15) is 23.2 Å². The van der Waals surface area contributed by atoms with Gasteiger partial charge in [-0.05, 0) is 79.5 Å². The molecule has 5 nitrogen and oxygen atoms in total. The minimum atomic E-state index is -0.267. The van der Waals surface area contributed by atoms with E-state index >= 15 is 0 Å². The topological polar surface area (TPSA) is 53.6 Å². The largest absolute Gasteiger partial charge is 0.485 e. The van der Waals surface area contributed by atoms with Gasteiger partial charge in [-0.3, -0.25) is 9.69 Å². The van der Waals surface area contributed by atoms with Gasteiger partial charge < -0.3 is 15.4 Å². The Labute approximate surface area is 187 Å². The summed E-state index contributed by atoms with van der Waals surface area (Å²) < 4.78 is 19.3. The monoisotopic (exact) mass is 431 g/mol. The maximum Gasteiger partial charge on any atom is 0.255 e. The van der Waals surface area contributed by atoms with Crippen LogP contribution in [0.5, 0.6) is 5.75 Å². The maximum atomic E-state index is 13.1. The van der Waals surface area contributed by atoms with Gasteiger partial charge in [0.2, 0.25) is 0 Å². The number of carbonyl (C=O) groups is 1. The summed E-state index contributed by atoms with van der Waals surface area (Å²) in [4.78, 5) is 15.2. The SMILES string of the molecule is O=C(Nc1ccc2c(c1)NCC(CN1CCCC1)O2)c1ccc(-c2ccc(F)cc2)cc1. The number of hydrogen-bond acceptors (Lipinski definition) is 4. The smallest absolute Gasteiger partial charge is 0.255 e. The Hall–Kier alpha value is -3.38. The van der Waals surface area contributed by atoms with Crippen molar-refractivity contribution >= 4 is 17.3 Å². The highest BCUT2D eigenvalue weighted by molar-refractivity contribution is 6.04. The molecule has 1 unspecified atom stereocenters. The van der Waals surface area contributed by atoms with Gasteiger partial charge in [-0.15, -0.1) is 0 Å². The van der Waals surface area contributed by atoms with E-state index in [9.17, 15) is 9.18 Å². The first-order chi connectivity index (χ1) is 15.6. The van der Waals surface area contributed by atoms with Crippen LogP contribution < -0.4 is 15.4 Å². The summed E-state index contributed by atoms with van der Waals surface area (Å²) in [6.45, 7) is 4.01. The molecular formula is C26H26FN3O2. The Morgan fingerprint density at radius 1 is 1.00 bits per heavy atom. The number of ether oxygens (including phenoxy) is 1. The molecule has 2 heterocycles. The zero-order valence-corrected chi connectivity index (χ0v) is 17.8. The Bertz CT molecular complexity index is 1090. The fraction of sp³-hybridized carbons (Fsp3) is 0.269. The van der Waals surface area contributed by atoms with Crippen LogP contribution in [0.2, 0.25) is 0 Å². The number of nitrogens with zero attached hydrogens (tertiary/aromatic N) is 1. The van der Waals surface area contributed by atoms with E-state index in [-0.39, 0.29) is 17.8 Å². The van der Waals surface area contributed by atoms with Gasteiger partial charge in [0.15, 0.2) is 0 Å². The number of benzene rings is 3. The molecule has 1 amide bonds. The minimum Gasteiger partial charge on any atom is -0.485 e. The third-order valence-corrected chi connectivity index (χ3v) is 6.04. The number of carbonyl (C=O) groups excluding carboxylic acids is 1. The molecule has 2 N–H and O–H groups in total. The number of rotatable bonds is 5. The second kappa shape index (κ2) is 9.01. The quantitative estimate of drug-likeness (QED) is 0.596. The molecule has 0 radical (unpaired) electrons. The molecule has 0 aromatic heterocycles. The highest BCUT2D eigenvalue weighted by Gasteiger charge is 2.23. The number of halogens is 1. The average molecular weight is 432 g/mol. The lowest BCUT2D eigenvalue weighted by atomic mass is 10.0. The van der Waals surface area contributed by atoms with E-state index in [2.05, 4.69) is 15.5 Å². The van der Waals surface area contributed by atoms with E-state index < -0.39 is 0 Å². The zero-order chi connectivity index (χ0) is 21.9. The molecule has 0 saturated carbocycles. The highest BCUT2D eigenvalue weighted by Crippen LogP contribution is 2.32. The van der Waals surface area contributed by atoms with E-state index in [0.717, 1.165) is 48.7 Å². The molecule has 6 heteroatoms. The van der Waals surface area contributed by atoms with E-state index in [1.54, 1.807) is 24.3 Å². The summed E-state index contributed by atoms with van der Waals surface area (Å²) in [6, 6.07) is 19.3. The Morgan fingerprint density at radius 2 is 1.69 bits per heavy atom. The molecule has 0 aliphatic carbocycles. The van der Waals surface area contributed by atoms with Gasteiger partial charge in [0.05, 0.1) is 12.2 Å². The molecule has 3 aromatic rings. The Balaban J connectivity index is 1.22. The van der Waals surface area contributed by atoms with Gasteiger partial charge >= 0.3 is 0 Å². The summed E-state index contributed by atoms with van der Waals surface area (Å²) in [5, 5.41) is 6.39. The molecule has 5 rings (SSSR count). The van der Waals surface area contributed by atoms with E-state index in [1.807, 2.05) is 30.3 Å². The third kappa shape index (κ3) is 4.60. The summed E-state index contributed by atoms with van der Waals surface area (Å²) in [7, 11) is 0. The molecule has 2 aliphatic heterocycles. The van der Waals surface area contributed by atoms with Crippen molar-refractivity contribution in [3.8, 4) is 16.9 Å². The fourth-order valence-electron chi connectivity index (χ4n) is 4.31. The minimum absolute atomic E-state index is 0.140. The second-order valence-corrected chi connectivity index (χ2v) is 8.38. The number of fused-ring (bicyclic) bond motifs is 1. The predicted molar refractivity (Wildman–Crippen MR) is 125 cm³/mol. The number of nitrogens with one attached hydrogen (secondary N) is 2. The van der Waals surface area contributed by atoms with Crippen LogP contribution in [0.25, 0.3) is 11.1 Å². The molecule has 1 atom stereocenters. The number of likely N-dealkylation sites (tertiary alicyclic amines) is 1. The van der Waals surface area contributed by atoms with E-state index in [1.165, 1.54) is 25.0 Å². The van der Waals surface area contributed by atoms with Crippen molar-refractivity contribution in [3.05, 3.63) is 78.1 Å². The van der Waals surface area contributed by atoms with Gasteiger partial charge in [0, 0.05) is 17.8 Å². The van der Waals surface area contributed by atoms with Crippen molar-refractivity contribution in [2.24, 2.45) is 0 Å². The van der Waals surface area contributed by atoms with Gasteiger partial charge in [0.1, 0.15) is 17.7 Å². The standard InChI is InChI=1S/C26H26FN3O2/c27-21-9-7-19(8-10-21)18-3-5-20(6-4-18)26(31)29-22-11-12-25-24(15-22)28-16-23(32-25)17-30-13-1-2-14-30/h3-12,15,23,28H,1-2,13-14,16-17H2,(H,29,31). The predicted octanol–water partition coefficient (Wildman–Crippen LogP) is 5.01. The molecule has 2 aliphatic rings. The first kappa shape index (κ1) is 20.5. The van der Waals surface area contributed by atoms with Crippen LogP contribution in [-0.2, 0) is 0 Å². The molecule has 1 saturated heterocycles. The number of amides is 1. The van der Waals surface area contributed by atoms with Crippen molar-refractivity contribution in [1.29, 1.82) is 0 Å². The van der Waals surface area contributed by atoms with Crippen LogP contribution in [0.4, 0.5) is 15.8 Å². The van der Waals surface area contributed by atoms with Gasteiger partial charge in [0.25, 0.3) is 5.91 Å². The van der Waals surface area contributed by atoms with Crippen molar-refractivity contribution < 1.29 is 13.9 Å². The Morgan fingerprint density at radius 3 is 2.41 bits per heavy atom. The second-order valence-electron chi connectivity index (χ2n) is 8.38. The lowest BCUT2D eigenvalue weighted by Crippen LogP contribution is -2.40. The van der Waals surface area contributed by atoms with Gasteiger partial charge in [-0.25, -0.2) is 4.39 Å². The lowest BCUT2D eigenvalue weighted by molar-refractivity contribution is 0.102. The van der Waals surface area contributed by atoms with E-state index in [4.69, 9.17) is 4.74 Å². The van der Waals surface area contributed by atoms with Crippen LogP contribution >= 0.6 is 0 Å². The van der Waals surface area contributed by atoms with Crippen molar-refractivity contribution in [3.63, 3.8) is 0 Å². The van der Waals surface area contributed by atoms with Gasteiger partial charge in [-0.1, -0.05) is 24.3 Å². The van der Waals surface area contributed by atoms with Crippen molar-refractivity contribution in [2.45, 2.75) is 18.9 Å². The van der Waals surface area contributed by atoms with Crippen LogP contribution in [0.15, 0.2) is 66.7 Å². The van der Waals surface area contributed by atoms with Gasteiger partial charge in [-0.2, -0.15) is 0 Å². The van der Waals surface area contributed by atoms with Crippen LogP contribution in [-0.4, -0.2) is 43.1 Å². The number of hydrogen-bond donors (Lipinski definition) is 2. The molecule has 0 bridgehead atoms. The Kier molecular flexibility index (Phi) is 5.77. The molecule has 164 valence electrons. The normalized spacial score (nSPS) is 17.8. The number of anilines is 2. The summed E-state index contributed by atoms with van der Waals surface area (Å²) >= 11 is 0. The van der Waals surface area contributed by atoms with Crippen LogP contribution in [0.3, 0.4) is 0 Å². The highest BCUT2D eigenvalue weighted by atomic mass is 19.1. The molecule has 3 aromatic carbocycles.